The van der Waals surface area contributed by atoms with Gasteiger partial charge in [0.15, 0.2) is 0 Å². The molecule has 0 unspecified atom stereocenters. The van der Waals surface area contributed by atoms with Crippen LogP contribution in [0, 0.1) is 11.8 Å². The van der Waals surface area contributed by atoms with Crippen molar-refractivity contribution in [2.75, 3.05) is 32.0 Å². The Labute approximate surface area is 179 Å². The van der Waals surface area contributed by atoms with Crippen molar-refractivity contribution in [3.05, 3.63) is 29.6 Å². The molecule has 2 N–H and O–H groups in total. The standard InChI is InChI=1S/C22H28F3N5O/c1-12(2)30-19(20-15-8-14(9-16(15)20)29-3-5-31-6-4-29)10-18(28-30)13-7-17(22(23,24)25)21(26)27-11-13/h7,10-12,14-16,20H,3-6,8-9H2,1-2H3,(H2,26,27)/t14-,15-,16+,20+. The van der Waals surface area contributed by atoms with E-state index in [-0.39, 0.29) is 6.04 Å². The van der Waals surface area contributed by atoms with Gasteiger partial charge in [-0.05, 0) is 50.7 Å². The lowest BCUT2D eigenvalue weighted by molar-refractivity contribution is -0.137. The molecule has 4 atom stereocenters. The van der Waals surface area contributed by atoms with E-state index in [4.69, 9.17) is 10.5 Å². The molecule has 1 aliphatic heterocycles. The molecule has 3 fully saturated rings. The summed E-state index contributed by atoms with van der Waals surface area (Å²) in [7, 11) is 0. The van der Waals surface area contributed by atoms with Crippen LogP contribution in [0.4, 0.5) is 19.0 Å². The zero-order chi connectivity index (χ0) is 21.9. The summed E-state index contributed by atoms with van der Waals surface area (Å²) in [5.74, 6) is 1.19. The number of nitrogens with two attached hydrogens (primary N) is 1. The van der Waals surface area contributed by atoms with Gasteiger partial charge in [0.05, 0.1) is 24.5 Å². The monoisotopic (exact) mass is 435 g/mol. The summed E-state index contributed by atoms with van der Waals surface area (Å²) >= 11 is 0. The summed E-state index contributed by atoms with van der Waals surface area (Å²) in [5.41, 5.74) is 6.55. The number of morpholine rings is 1. The summed E-state index contributed by atoms with van der Waals surface area (Å²) in [6.07, 6.45) is -0.812. The number of nitrogens with zero attached hydrogens (tertiary/aromatic N) is 4. The zero-order valence-corrected chi connectivity index (χ0v) is 17.8. The largest absolute Gasteiger partial charge is 0.419 e. The first-order chi connectivity index (χ1) is 14.7. The molecule has 0 aromatic carbocycles. The summed E-state index contributed by atoms with van der Waals surface area (Å²) in [6, 6.07) is 3.77. The molecule has 2 aliphatic carbocycles. The van der Waals surface area contributed by atoms with Gasteiger partial charge < -0.3 is 10.5 Å². The van der Waals surface area contributed by atoms with E-state index >= 15 is 0 Å². The minimum atomic E-state index is -4.54. The van der Waals surface area contributed by atoms with E-state index < -0.39 is 17.6 Å². The number of alkyl halides is 3. The van der Waals surface area contributed by atoms with Gasteiger partial charge in [0.25, 0.3) is 0 Å². The van der Waals surface area contributed by atoms with Gasteiger partial charge in [0, 0.05) is 48.5 Å². The van der Waals surface area contributed by atoms with Crippen LogP contribution in [0.1, 0.15) is 49.9 Å². The van der Waals surface area contributed by atoms with Crippen LogP contribution in [0.15, 0.2) is 18.3 Å². The molecule has 6 nitrogen and oxygen atoms in total. The van der Waals surface area contributed by atoms with Crippen LogP contribution in [0.3, 0.4) is 0 Å². The van der Waals surface area contributed by atoms with E-state index in [1.54, 1.807) is 0 Å². The van der Waals surface area contributed by atoms with Crippen LogP contribution in [-0.4, -0.2) is 52.0 Å². The summed E-state index contributed by atoms with van der Waals surface area (Å²) in [6.45, 7) is 7.75. The van der Waals surface area contributed by atoms with Gasteiger partial charge in [-0.3, -0.25) is 9.58 Å². The Bertz CT molecular complexity index is 955. The first kappa shape index (κ1) is 20.8. The Balaban J connectivity index is 1.39. The Morgan fingerprint density at radius 2 is 1.81 bits per heavy atom. The fourth-order valence-electron chi connectivity index (χ4n) is 5.55. The number of fused-ring (bicyclic) bond motifs is 1. The minimum Gasteiger partial charge on any atom is -0.383 e. The molecule has 0 bridgehead atoms. The predicted molar refractivity (Wildman–Crippen MR) is 110 cm³/mol. The third-order valence-corrected chi connectivity index (χ3v) is 7.10. The first-order valence-corrected chi connectivity index (χ1v) is 11.0. The lowest BCUT2D eigenvalue weighted by Crippen LogP contribution is -2.43. The summed E-state index contributed by atoms with van der Waals surface area (Å²) in [5, 5.41) is 4.67. The van der Waals surface area contributed by atoms with Crippen molar-refractivity contribution in [2.24, 2.45) is 11.8 Å². The molecule has 31 heavy (non-hydrogen) atoms. The molecule has 2 saturated carbocycles. The number of pyridine rings is 1. The Morgan fingerprint density at radius 1 is 1.13 bits per heavy atom. The van der Waals surface area contributed by atoms with Crippen molar-refractivity contribution in [1.29, 1.82) is 0 Å². The maximum absolute atomic E-state index is 13.3. The molecular formula is C22H28F3N5O. The second kappa shape index (κ2) is 7.48. The lowest BCUT2D eigenvalue weighted by Gasteiger charge is -2.33. The van der Waals surface area contributed by atoms with E-state index in [0.29, 0.717) is 35.1 Å². The third-order valence-electron chi connectivity index (χ3n) is 7.10. The number of aromatic nitrogens is 3. The van der Waals surface area contributed by atoms with Crippen LogP contribution >= 0.6 is 0 Å². The average Bonchev–Trinajstić information content (AvgIpc) is 3.09. The van der Waals surface area contributed by atoms with E-state index in [2.05, 4.69) is 28.8 Å². The Hall–Kier alpha value is -2.13. The second-order valence-electron chi connectivity index (χ2n) is 9.27. The molecular weight excluding hydrogens is 407 g/mol. The van der Waals surface area contributed by atoms with Gasteiger partial charge in [-0.25, -0.2) is 4.98 Å². The fourth-order valence-corrected chi connectivity index (χ4v) is 5.55. The smallest absolute Gasteiger partial charge is 0.383 e. The van der Waals surface area contributed by atoms with Crippen LogP contribution in [-0.2, 0) is 10.9 Å². The zero-order valence-electron chi connectivity index (χ0n) is 17.8. The Kier molecular flexibility index (Phi) is 5.01. The molecule has 2 aromatic rings. The van der Waals surface area contributed by atoms with Crippen molar-refractivity contribution in [1.82, 2.24) is 19.7 Å². The molecule has 1 saturated heterocycles. The number of hydrogen-bond acceptors (Lipinski definition) is 5. The summed E-state index contributed by atoms with van der Waals surface area (Å²) in [4.78, 5) is 6.33. The molecule has 9 heteroatoms. The number of hydrogen-bond donors (Lipinski definition) is 1. The van der Waals surface area contributed by atoms with E-state index in [1.807, 2.05) is 10.7 Å². The topological polar surface area (TPSA) is 69.2 Å². The fraction of sp³-hybridized carbons (Fsp3) is 0.636. The molecule has 2 aromatic heterocycles. The highest BCUT2D eigenvalue weighted by Gasteiger charge is 2.58. The lowest BCUT2D eigenvalue weighted by atomic mass is 10.0. The van der Waals surface area contributed by atoms with Gasteiger partial charge in [0.1, 0.15) is 5.82 Å². The number of halogens is 3. The second-order valence-corrected chi connectivity index (χ2v) is 9.27. The van der Waals surface area contributed by atoms with Gasteiger partial charge in [-0.2, -0.15) is 18.3 Å². The molecule has 0 spiro atoms. The highest BCUT2D eigenvalue weighted by atomic mass is 19.4. The third kappa shape index (κ3) is 3.71. The van der Waals surface area contributed by atoms with E-state index in [1.165, 1.54) is 19.0 Å². The maximum atomic E-state index is 13.3. The first-order valence-electron chi connectivity index (χ1n) is 11.0. The number of rotatable bonds is 4. The Morgan fingerprint density at radius 3 is 2.42 bits per heavy atom. The number of nitrogen functional groups attached to an aromatic ring is 1. The van der Waals surface area contributed by atoms with Gasteiger partial charge >= 0.3 is 6.18 Å². The molecule has 3 aliphatic rings. The molecule has 0 amide bonds. The number of ether oxygens (including phenoxy) is 1. The van der Waals surface area contributed by atoms with Crippen LogP contribution < -0.4 is 5.73 Å². The minimum absolute atomic E-state index is 0.129. The van der Waals surface area contributed by atoms with Crippen molar-refractivity contribution in [2.45, 2.75) is 50.9 Å². The van der Waals surface area contributed by atoms with E-state index in [9.17, 15) is 13.2 Å². The quantitative estimate of drug-likeness (QED) is 0.788. The highest BCUT2D eigenvalue weighted by molar-refractivity contribution is 5.63. The maximum Gasteiger partial charge on any atom is 0.419 e. The predicted octanol–water partition coefficient (Wildman–Crippen LogP) is 3.95. The van der Waals surface area contributed by atoms with Crippen molar-refractivity contribution in [3.8, 4) is 11.3 Å². The highest BCUT2D eigenvalue weighted by Crippen LogP contribution is 2.64. The van der Waals surface area contributed by atoms with Crippen molar-refractivity contribution >= 4 is 5.82 Å². The number of anilines is 1. The molecule has 5 rings (SSSR count). The molecule has 0 radical (unpaired) electrons. The SMILES string of the molecule is CC(C)n1nc(-c2cnc(N)c(C(F)(F)F)c2)cc1[C@H]1[C@@H]2C[C@@H](N3CCOCC3)C[C@@H]21. The van der Waals surface area contributed by atoms with Crippen molar-refractivity contribution in [3.63, 3.8) is 0 Å². The van der Waals surface area contributed by atoms with Gasteiger partial charge in [-0.15, -0.1) is 0 Å². The van der Waals surface area contributed by atoms with E-state index in [0.717, 1.165) is 38.1 Å². The normalized spacial score (nSPS) is 28.8. The van der Waals surface area contributed by atoms with Crippen LogP contribution in [0.25, 0.3) is 11.3 Å². The van der Waals surface area contributed by atoms with Gasteiger partial charge in [-0.1, -0.05) is 0 Å². The average molecular weight is 435 g/mol. The molecule has 3 heterocycles. The van der Waals surface area contributed by atoms with Crippen molar-refractivity contribution < 1.29 is 17.9 Å². The molecule has 168 valence electrons. The van der Waals surface area contributed by atoms with Crippen LogP contribution in [0.2, 0.25) is 0 Å². The summed E-state index contributed by atoms with van der Waals surface area (Å²) < 4.78 is 47.3. The van der Waals surface area contributed by atoms with Crippen LogP contribution in [0.5, 0.6) is 0 Å². The van der Waals surface area contributed by atoms with Gasteiger partial charge in [0.2, 0.25) is 0 Å².